The van der Waals surface area contributed by atoms with Crippen LogP contribution in [0.4, 0.5) is 46.0 Å². The van der Waals surface area contributed by atoms with Crippen LogP contribution in [0.3, 0.4) is 0 Å². The number of anilines is 8. The van der Waals surface area contributed by atoms with Crippen LogP contribution in [0, 0.1) is 13.8 Å². The number of hydrogen-bond donors (Lipinski definition) is 8. The van der Waals surface area contributed by atoms with Crippen molar-refractivity contribution in [1.29, 1.82) is 0 Å². The third-order valence-electron chi connectivity index (χ3n) is 12.9. The van der Waals surface area contributed by atoms with Gasteiger partial charge in [0.05, 0.1) is 55.7 Å². The molecule has 9 rings (SSSR count). The zero-order chi connectivity index (χ0) is 56.0. The van der Waals surface area contributed by atoms with E-state index in [4.69, 9.17) is 5.14 Å². The van der Waals surface area contributed by atoms with E-state index in [1.807, 2.05) is 44.2 Å². The fraction of sp³-hybridized carbons (Fsp3) is 0.283. The smallest absolute Gasteiger partial charge is 0.240 e. The minimum atomic E-state index is -3.82. The van der Waals surface area contributed by atoms with Crippen LogP contribution in [0.2, 0.25) is 0 Å². The first-order valence-corrected chi connectivity index (χ1v) is 31.4. The highest BCUT2D eigenvalue weighted by molar-refractivity contribution is 7.90. The van der Waals surface area contributed by atoms with E-state index in [1.165, 1.54) is 49.2 Å². The van der Waals surface area contributed by atoms with E-state index in [0.29, 0.717) is 72.2 Å². The zero-order valence-electron chi connectivity index (χ0n) is 43.6. The highest BCUT2D eigenvalue weighted by Gasteiger charge is 2.20. The molecule has 418 valence electrons. The Morgan fingerprint density at radius 3 is 1.24 bits per heavy atom. The van der Waals surface area contributed by atoms with E-state index in [-0.39, 0.29) is 26.1 Å². The maximum Gasteiger partial charge on any atom is 0.240 e. The second-order valence-corrected chi connectivity index (χ2v) is 25.7. The predicted molar refractivity (Wildman–Crippen MR) is 306 cm³/mol. The molecular formula is C53H64N14O8S4. The van der Waals surface area contributed by atoms with Gasteiger partial charge in [0, 0.05) is 55.5 Å². The maximum absolute atomic E-state index is 12.9. The van der Waals surface area contributed by atoms with Gasteiger partial charge in [-0.25, -0.2) is 72.9 Å². The van der Waals surface area contributed by atoms with Crippen LogP contribution in [0.25, 0.3) is 0 Å². The van der Waals surface area contributed by atoms with Gasteiger partial charge in [-0.2, -0.15) is 0 Å². The summed E-state index contributed by atoms with van der Waals surface area (Å²) in [7, 11) is -14.7. The Morgan fingerprint density at radius 2 is 0.823 bits per heavy atom. The van der Waals surface area contributed by atoms with E-state index in [1.54, 1.807) is 73.3 Å². The molecule has 2 saturated heterocycles. The first kappa shape index (κ1) is 58.2. The average molecular weight is 1150 g/mol. The van der Waals surface area contributed by atoms with Crippen molar-refractivity contribution in [1.82, 2.24) is 43.9 Å². The fourth-order valence-electron chi connectivity index (χ4n) is 8.45. The molecule has 2 aliphatic rings. The second-order valence-electron chi connectivity index (χ2n) is 18.8. The normalized spacial score (nSPS) is 14.3. The number of rotatable bonds is 23. The molecule has 5 aromatic carbocycles. The molecule has 0 bridgehead atoms. The number of primary sulfonamides is 1. The molecule has 7 aromatic rings. The molecule has 2 aromatic heterocycles. The summed E-state index contributed by atoms with van der Waals surface area (Å²) in [4.78, 5) is 22.2. The molecule has 22 nitrogen and oxygen atoms in total. The van der Waals surface area contributed by atoms with Crippen molar-refractivity contribution in [2.24, 2.45) is 5.14 Å². The van der Waals surface area contributed by atoms with Gasteiger partial charge in [0.15, 0.2) is 0 Å². The lowest BCUT2D eigenvalue weighted by atomic mass is 10.2. The Hall–Kier alpha value is -6.98. The van der Waals surface area contributed by atoms with Gasteiger partial charge in [0.2, 0.25) is 52.0 Å². The Balaban J connectivity index is 0.000000211. The summed E-state index contributed by atoms with van der Waals surface area (Å²) >= 11 is 0. The molecule has 0 amide bonds. The minimum absolute atomic E-state index is 0.00191. The van der Waals surface area contributed by atoms with Crippen LogP contribution in [-0.2, 0) is 46.6 Å². The Morgan fingerprint density at radius 1 is 0.443 bits per heavy atom. The van der Waals surface area contributed by atoms with E-state index in [2.05, 4.69) is 65.2 Å². The fourth-order valence-corrected chi connectivity index (χ4v) is 12.1. The van der Waals surface area contributed by atoms with Gasteiger partial charge in [-0.05, 0) is 155 Å². The molecule has 4 heterocycles. The van der Waals surface area contributed by atoms with Crippen molar-refractivity contribution >= 4 is 86.1 Å². The third-order valence-corrected chi connectivity index (χ3v) is 18.2. The molecule has 2 aliphatic heterocycles. The first-order valence-electron chi connectivity index (χ1n) is 25.4. The van der Waals surface area contributed by atoms with E-state index in [0.717, 1.165) is 55.7 Å². The quantitative estimate of drug-likeness (QED) is 0.0343. The van der Waals surface area contributed by atoms with Crippen molar-refractivity contribution in [2.75, 3.05) is 73.6 Å². The van der Waals surface area contributed by atoms with Crippen molar-refractivity contribution in [3.8, 4) is 0 Å². The predicted octanol–water partition coefficient (Wildman–Crippen LogP) is 6.42. The number of aromatic nitrogens is 4. The van der Waals surface area contributed by atoms with Crippen molar-refractivity contribution in [3.63, 3.8) is 0 Å². The molecule has 0 radical (unpaired) electrons. The maximum atomic E-state index is 12.9. The summed E-state index contributed by atoms with van der Waals surface area (Å²) in [5.41, 5.74) is 6.10. The van der Waals surface area contributed by atoms with Crippen LogP contribution in [0.15, 0.2) is 160 Å². The van der Waals surface area contributed by atoms with Gasteiger partial charge in [0.25, 0.3) is 0 Å². The van der Waals surface area contributed by atoms with Crippen LogP contribution >= 0.6 is 0 Å². The molecule has 0 unspecified atom stereocenters. The van der Waals surface area contributed by atoms with Crippen molar-refractivity contribution in [3.05, 3.63) is 157 Å². The molecule has 0 aliphatic carbocycles. The van der Waals surface area contributed by atoms with Gasteiger partial charge in [0.1, 0.15) is 0 Å². The van der Waals surface area contributed by atoms with Gasteiger partial charge >= 0.3 is 0 Å². The van der Waals surface area contributed by atoms with E-state index < -0.39 is 40.1 Å². The number of sulfonamides is 4. The lowest BCUT2D eigenvalue weighted by Gasteiger charge is -2.15. The SMILES string of the molecule is Cc1ccc(S(=O)(=O)NCc2ccccc2)cc1Nc1cnc(Nc2ccc(S(=O)(=O)NCCN3CCCC3)cc2)nc1.Cc1ccc(S(N)(=O)=O)cc1Nc1cnc(Nc2ccc(S(=O)(=O)NCCN3CCCC3)cc2)nc1. The lowest BCUT2D eigenvalue weighted by molar-refractivity contribution is 0.344. The van der Waals surface area contributed by atoms with Gasteiger partial charge in [-0.15, -0.1) is 0 Å². The number of aryl methyl sites for hydroxylation is 2. The van der Waals surface area contributed by atoms with Gasteiger partial charge < -0.3 is 31.1 Å². The highest BCUT2D eigenvalue weighted by atomic mass is 32.2. The summed E-state index contributed by atoms with van der Waals surface area (Å²) in [6, 6.07) is 31.5. The first-order chi connectivity index (χ1) is 37.8. The molecule has 0 spiro atoms. The zero-order valence-corrected chi connectivity index (χ0v) is 46.9. The summed E-state index contributed by atoms with van der Waals surface area (Å²) in [6.07, 6.45) is 10.9. The minimum Gasteiger partial charge on any atom is -0.353 e. The number of nitrogens with two attached hydrogens (primary N) is 1. The molecule has 0 atom stereocenters. The molecule has 0 saturated carbocycles. The summed E-state index contributed by atoms with van der Waals surface area (Å²) in [5.74, 6) is 0.637. The van der Waals surface area contributed by atoms with Crippen LogP contribution in [0.1, 0.15) is 42.4 Å². The van der Waals surface area contributed by atoms with Crippen molar-refractivity contribution in [2.45, 2.75) is 65.7 Å². The number of benzene rings is 5. The summed E-state index contributed by atoms with van der Waals surface area (Å²) in [5, 5.41) is 17.6. The average Bonchev–Trinajstić information content (AvgIpc) is 4.17. The Labute approximate surface area is 462 Å². The Bertz CT molecular complexity index is 3610. The number of likely N-dealkylation sites (tertiary alicyclic amines) is 2. The highest BCUT2D eigenvalue weighted by Crippen LogP contribution is 2.27. The number of hydrogen-bond acceptors (Lipinski definition) is 18. The topological polar surface area (TPSA) is 305 Å². The summed E-state index contributed by atoms with van der Waals surface area (Å²) < 4.78 is 107. The second kappa shape index (κ2) is 26.3. The lowest BCUT2D eigenvalue weighted by Crippen LogP contribution is -2.33. The van der Waals surface area contributed by atoms with Crippen molar-refractivity contribution < 1.29 is 33.7 Å². The van der Waals surface area contributed by atoms with E-state index in [9.17, 15) is 33.7 Å². The van der Waals surface area contributed by atoms with E-state index >= 15 is 0 Å². The van der Waals surface area contributed by atoms with Crippen LogP contribution < -0.4 is 40.6 Å². The van der Waals surface area contributed by atoms with Gasteiger partial charge in [-0.3, -0.25) is 0 Å². The van der Waals surface area contributed by atoms with Gasteiger partial charge in [-0.1, -0.05) is 42.5 Å². The molecular weight excluding hydrogens is 1090 g/mol. The largest absolute Gasteiger partial charge is 0.353 e. The molecule has 26 heteroatoms. The monoisotopic (exact) mass is 1150 g/mol. The van der Waals surface area contributed by atoms with Crippen LogP contribution in [0.5, 0.6) is 0 Å². The molecule has 2 fully saturated rings. The summed E-state index contributed by atoms with van der Waals surface area (Å²) in [6.45, 7) is 10.1. The van der Waals surface area contributed by atoms with Crippen LogP contribution in [-0.4, -0.2) is 116 Å². The number of nitrogens with one attached hydrogen (secondary N) is 7. The Kier molecular flexibility index (Phi) is 19.4. The third kappa shape index (κ3) is 17.0. The number of nitrogens with zero attached hydrogens (tertiary/aromatic N) is 6. The molecule has 79 heavy (non-hydrogen) atoms. The molecule has 9 N–H and O–H groups in total. The standard InChI is InChI=1S/C30H35N7O4S2.C23H29N7O4S2/c1-23-9-12-28(43(40,41)34-20-24-7-3-2-4-8-24)19-29(23)35-26-21-31-30(32-22-26)36-25-10-13-27(14-11-25)42(38,39)33-15-18-37-16-5-6-17-37;1-17-4-7-21(35(24,31)32)14-22(17)28-19-15-25-23(26-16-19)29-18-5-8-20(9-6-18)36(33,34)27-10-13-30-11-2-3-12-30/h2-4,7-14,19,21-22,33-35H,5-6,15-18,20H2,1H3,(H,31,32,36);4-9,14-16,27-28H,2-3,10-13H2,1H3,(H2,24,31,32)(H,25,26,29).